The molecule has 0 saturated heterocycles. The molecular formula is C24H24N2O2S. The smallest absolute Gasteiger partial charge is 0.253 e. The Hall–Kier alpha value is -3.05. The maximum absolute atomic E-state index is 13.0. The Balaban J connectivity index is 1.69. The summed E-state index contributed by atoms with van der Waals surface area (Å²) in [6.07, 6.45) is 0. The highest BCUT2D eigenvalue weighted by Gasteiger charge is 2.21. The van der Waals surface area contributed by atoms with E-state index < -0.39 is 0 Å². The average molecular weight is 405 g/mol. The number of rotatable bonds is 7. The molecule has 0 aromatic heterocycles. The van der Waals surface area contributed by atoms with Crippen LogP contribution in [0, 0.1) is 0 Å². The van der Waals surface area contributed by atoms with E-state index in [2.05, 4.69) is 5.32 Å². The summed E-state index contributed by atoms with van der Waals surface area (Å²) in [6.45, 7) is 0.411. The van der Waals surface area contributed by atoms with Crippen LogP contribution in [0.1, 0.15) is 26.7 Å². The summed E-state index contributed by atoms with van der Waals surface area (Å²) < 4.78 is 0. The summed E-state index contributed by atoms with van der Waals surface area (Å²) in [5, 5.41) is 2.69. The van der Waals surface area contributed by atoms with E-state index in [1.807, 2.05) is 72.8 Å². The molecule has 5 heteroatoms. The van der Waals surface area contributed by atoms with Crippen molar-refractivity contribution < 1.29 is 9.59 Å². The van der Waals surface area contributed by atoms with Crippen molar-refractivity contribution in [3.8, 4) is 0 Å². The molecule has 148 valence electrons. The molecule has 1 unspecified atom stereocenters. The van der Waals surface area contributed by atoms with Crippen LogP contribution < -0.4 is 5.32 Å². The fourth-order valence-electron chi connectivity index (χ4n) is 2.84. The van der Waals surface area contributed by atoms with Crippen LogP contribution in [-0.2, 0) is 11.3 Å². The molecule has 0 radical (unpaired) electrons. The number of thioether (sulfide) groups is 1. The van der Waals surface area contributed by atoms with E-state index in [1.165, 1.54) is 11.8 Å². The molecule has 29 heavy (non-hydrogen) atoms. The highest BCUT2D eigenvalue weighted by Crippen LogP contribution is 2.35. The molecule has 3 aromatic rings. The van der Waals surface area contributed by atoms with Crippen molar-refractivity contribution in [3.05, 3.63) is 102 Å². The number of nitrogens with zero attached hydrogens (tertiary/aromatic N) is 1. The van der Waals surface area contributed by atoms with Gasteiger partial charge in [0, 0.05) is 31.1 Å². The summed E-state index contributed by atoms with van der Waals surface area (Å²) in [4.78, 5) is 27.6. The monoisotopic (exact) mass is 404 g/mol. The zero-order valence-electron chi connectivity index (χ0n) is 16.5. The first-order valence-electron chi connectivity index (χ1n) is 9.39. The van der Waals surface area contributed by atoms with Crippen molar-refractivity contribution in [3.63, 3.8) is 0 Å². The summed E-state index contributed by atoms with van der Waals surface area (Å²) >= 11 is 1.53. The number of hydrogen-bond donors (Lipinski definition) is 1. The maximum Gasteiger partial charge on any atom is 0.253 e. The van der Waals surface area contributed by atoms with Gasteiger partial charge >= 0.3 is 0 Å². The van der Waals surface area contributed by atoms with Crippen LogP contribution in [-0.4, -0.2) is 30.8 Å². The lowest BCUT2D eigenvalue weighted by atomic mass is 10.1. The molecule has 0 fully saturated rings. The van der Waals surface area contributed by atoms with Crippen LogP contribution in [0.3, 0.4) is 0 Å². The highest BCUT2D eigenvalue weighted by atomic mass is 32.2. The number of carbonyl (C=O) groups is 2. The van der Waals surface area contributed by atoms with Gasteiger partial charge in [0.15, 0.2) is 0 Å². The average Bonchev–Trinajstić information content (AvgIpc) is 2.77. The van der Waals surface area contributed by atoms with Crippen molar-refractivity contribution in [1.29, 1.82) is 0 Å². The zero-order chi connectivity index (χ0) is 20.6. The summed E-state index contributed by atoms with van der Waals surface area (Å²) in [5.74, 6) is -0.0810. The lowest BCUT2D eigenvalue weighted by molar-refractivity contribution is -0.120. The van der Waals surface area contributed by atoms with Crippen LogP contribution in [0.25, 0.3) is 0 Å². The summed E-state index contributed by atoms with van der Waals surface area (Å²) in [6, 6.07) is 27.0. The SMILES string of the molecule is CN(C)C(=O)c1ccc(CNC(=O)C(Sc2ccccc2)c2ccccc2)cc1. The van der Waals surface area contributed by atoms with E-state index in [0.29, 0.717) is 12.1 Å². The lowest BCUT2D eigenvalue weighted by Gasteiger charge is -2.17. The fourth-order valence-corrected chi connectivity index (χ4v) is 3.91. The molecule has 1 N–H and O–H groups in total. The van der Waals surface area contributed by atoms with E-state index in [4.69, 9.17) is 0 Å². The standard InChI is InChI=1S/C24H24N2O2S/c1-26(2)24(28)20-15-13-18(14-16-20)17-25-23(27)22(19-9-5-3-6-10-19)29-21-11-7-4-8-12-21/h3-16,22H,17H2,1-2H3,(H,25,27). The Morgan fingerprint density at radius 3 is 2.03 bits per heavy atom. The van der Waals surface area contributed by atoms with E-state index in [0.717, 1.165) is 16.0 Å². The number of nitrogens with one attached hydrogen (secondary N) is 1. The Morgan fingerprint density at radius 1 is 0.862 bits per heavy atom. The first-order chi connectivity index (χ1) is 14.0. The molecule has 2 amide bonds. The number of benzene rings is 3. The van der Waals surface area contributed by atoms with Crippen molar-refractivity contribution in [2.45, 2.75) is 16.7 Å². The van der Waals surface area contributed by atoms with Crippen LogP contribution in [0.5, 0.6) is 0 Å². The first-order valence-corrected chi connectivity index (χ1v) is 10.3. The third-order valence-electron chi connectivity index (χ3n) is 4.41. The van der Waals surface area contributed by atoms with Crippen molar-refractivity contribution in [2.24, 2.45) is 0 Å². The Kier molecular flexibility index (Phi) is 7.09. The van der Waals surface area contributed by atoms with Gasteiger partial charge in [-0.1, -0.05) is 60.7 Å². The van der Waals surface area contributed by atoms with Gasteiger partial charge < -0.3 is 10.2 Å². The molecule has 4 nitrogen and oxygen atoms in total. The largest absolute Gasteiger partial charge is 0.351 e. The van der Waals surface area contributed by atoms with Crippen molar-refractivity contribution >= 4 is 23.6 Å². The molecular weight excluding hydrogens is 380 g/mol. The van der Waals surface area contributed by atoms with E-state index in [9.17, 15) is 9.59 Å². The van der Waals surface area contributed by atoms with Gasteiger partial charge in [-0.05, 0) is 35.4 Å². The van der Waals surface area contributed by atoms with Gasteiger partial charge in [-0.2, -0.15) is 0 Å². The minimum absolute atomic E-state index is 0.0380. The first kappa shape index (κ1) is 20.7. The molecule has 0 aliphatic carbocycles. The topological polar surface area (TPSA) is 49.4 Å². The number of amides is 2. The van der Waals surface area contributed by atoms with Crippen LogP contribution in [0.4, 0.5) is 0 Å². The molecule has 0 aliphatic heterocycles. The van der Waals surface area contributed by atoms with Crippen molar-refractivity contribution in [2.75, 3.05) is 14.1 Å². The van der Waals surface area contributed by atoms with Gasteiger partial charge in [0.25, 0.3) is 5.91 Å². The Bertz CT molecular complexity index is 942. The zero-order valence-corrected chi connectivity index (χ0v) is 17.4. The molecule has 0 spiro atoms. The van der Waals surface area contributed by atoms with Gasteiger partial charge in [-0.3, -0.25) is 9.59 Å². The second kappa shape index (κ2) is 9.94. The predicted octanol–water partition coefficient (Wildman–Crippen LogP) is 4.54. The Labute approximate surface area is 175 Å². The second-order valence-electron chi connectivity index (χ2n) is 6.84. The Morgan fingerprint density at radius 2 is 1.45 bits per heavy atom. The third kappa shape index (κ3) is 5.72. The molecule has 0 saturated carbocycles. The fraction of sp³-hybridized carbons (Fsp3) is 0.167. The lowest BCUT2D eigenvalue weighted by Crippen LogP contribution is -2.27. The number of carbonyl (C=O) groups excluding carboxylic acids is 2. The molecule has 1 atom stereocenters. The third-order valence-corrected chi connectivity index (χ3v) is 5.68. The van der Waals surface area contributed by atoms with Gasteiger partial charge in [0.1, 0.15) is 5.25 Å². The van der Waals surface area contributed by atoms with Crippen LogP contribution in [0.2, 0.25) is 0 Å². The number of hydrogen-bond acceptors (Lipinski definition) is 3. The minimum atomic E-state index is -0.340. The molecule has 3 rings (SSSR count). The molecule has 0 aliphatic rings. The molecule has 0 heterocycles. The summed E-state index contributed by atoms with van der Waals surface area (Å²) in [7, 11) is 3.45. The van der Waals surface area contributed by atoms with Crippen molar-refractivity contribution in [1.82, 2.24) is 10.2 Å². The molecule has 0 bridgehead atoms. The van der Waals surface area contributed by atoms with E-state index in [-0.39, 0.29) is 17.1 Å². The normalized spacial score (nSPS) is 11.5. The van der Waals surface area contributed by atoms with Crippen LogP contribution in [0.15, 0.2) is 89.8 Å². The maximum atomic E-state index is 13.0. The second-order valence-corrected chi connectivity index (χ2v) is 8.01. The summed E-state index contributed by atoms with van der Waals surface area (Å²) in [5.41, 5.74) is 2.54. The van der Waals surface area contributed by atoms with Crippen LogP contribution >= 0.6 is 11.8 Å². The minimum Gasteiger partial charge on any atom is -0.351 e. The van der Waals surface area contributed by atoms with Gasteiger partial charge in [0.2, 0.25) is 5.91 Å². The molecule has 3 aromatic carbocycles. The quantitative estimate of drug-likeness (QED) is 0.588. The van der Waals surface area contributed by atoms with Gasteiger partial charge in [-0.25, -0.2) is 0 Å². The van der Waals surface area contributed by atoms with E-state index >= 15 is 0 Å². The van der Waals surface area contributed by atoms with Gasteiger partial charge in [-0.15, -0.1) is 11.8 Å². The van der Waals surface area contributed by atoms with E-state index in [1.54, 1.807) is 31.1 Å². The van der Waals surface area contributed by atoms with Gasteiger partial charge in [0.05, 0.1) is 0 Å². The predicted molar refractivity (Wildman–Crippen MR) is 118 cm³/mol. The highest BCUT2D eigenvalue weighted by molar-refractivity contribution is 8.00.